The van der Waals surface area contributed by atoms with Gasteiger partial charge in [-0.1, -0.05) is 24.3 Å². The van der Waals surface area contributed by atoms with Crippen molar-refractivity contribution >= 4 is 38.9 Å². The van der Waals surface area contributed by atoms with Crippen LogP contribution < -0.4 is 14.4 Å². The van der Waals surface area contributed by atoms with Gasteiger partial charge in [0, 0.05) is 17.8 Å². The molecular formula is C19H15NO4. The van der Waals surface area contributed by atoms with Crippen LogP contribution in [0.1, 0.15) is 10.4 Å². The van der Waals surface area contributed by atoms with Crippen LogP contribution in [-0.4, -0.2) is 33.0 Å². The standard InChI is InChI=1S/C19H15NO4/c1-20-16-12-8-9-13(23-2)18(24-3)14(12)10-6-4-5-7-11(10)15(16)17(21)19(20)22/h4-9H,1-3H3. The number of benzene rings is 3. The Morgan fingerprint density at radius 1 is 0.875 bits per heavy atom. The summed E-state index contributed by atoms with van der Waals surface area (Å²) in [5, 5.41) is 3.23. The maximum atomic E-state index is 12.5. The molecule has 0 N–H and O–H groups in total. The van der Waals surface area contributed by atoms with Crippen molar-refractivity contribution in [2.75, 3.05) is 26.2 Å². The van der Waals surface area contributed by atoms with Crippen LogP contribution >= 0.6 is 0 Å². The van der Waals surface area contributed by atoms with Gasteiger partial charge in [0.05, 0.1) is 25.5 Å². The van der Waals surface area contributed by atoms with Gasteiger partial charge in [-0.25, -0.2) is 0 Å². The first-order valence-electron chi connectivity index (χ1n) is 7.52. The number of Topliss-reactive ketones (excluding diaryl/α,β-unsaturated/α-hetero) is 1. The molecule has 5 nitrogen and oxygen atoms in total. The highest BCUT2D eigenvalue weighted by Crippen LogP contribution is 2.47. The molecular weight excluding hydrogens is 306 g/mol. The van der Waals surface area contributed by atoms with E-state index < -0.39 is 11.7 Å². The van der Waals surface area contributed by atoms with Gasteiger partial charge < -0.3 is 14.4 Å². The summed E-state index contributed by atoms with van der Waals surface area (Å²) < 4.78 is 11.0. The number of fused-ring (bicyclic) bond motifs is 6. The Labute approximate surface area is 138 Å². The smallest absolute Gasteiger partial charge is 0.299 e. The van der Waals surface area contributed by atoms with Gasteiger partial charge in [0.1, 0.15) is 0 Å². The lowest BCUT2D eigenvalue weighted by molar-refractivity contribution is -0.114. The van der Waals surface area contributed by atoms with Gasteiger partial charge in [-0.3, -0.25) is 9.59 Å². The van der Waals surface area contributed by atoms with Crippen molar-refractivity contribution in [3.63, 3.8) is 0 Å². The number of carbonyl (C=O) groups excluding carboxylic acids is 2. The number of ether oxygens (including phenoxy) is 2. The molecule has 0 fully saturated rings. The van der Waals surface area contributed by atoms with Crippen molar-refractivity contribution in [1.82, 2.24) is 0 Å². The van der Waals surface area contributed by atoms with Crippen molar-refractivity contribution in [2.45, 2.75) is 0 Å². The molecule has 0 aromatic heterocycles. The summed E-state index contributed by atoms with van der Waals surface area (Å²) in [7, 11) is 4.79. The molecule has 3 aromatic rings. The Morgan fingerprint density at radius 2 is 1.58 bits per heavy atom. The average molecular weight is 321 g/mol. The van der Waals surface area contributed by atoms with Crippen molar-refractivity contribution in [3.05, 3.63) is 42.0 Å². The molecule has 1 aliphatic rings. The number of carbonyl (C=O) groups is 2. The molecule has 0 bridgehead atoms. The lowest BCUT2D eigenvalue weighted by Gasteiger charge is -2.18. The number of hydrogen-bond acceptors (Lipinski definition) is 4. The van der Waals surface area contributed by atoms with E-state index in [1.165, 1.54) is 4.90 Å². The fraction of sp³-hybridized carbons (Fsp3) is 0.158. The summed E-state index contributed by atoms with van der Waals surface area (Å²) in [6.07, 6.45) is 0. The van der Waals surface area contributed by atoms with Crippen LogP contribution in [0.5, 0.6) is 11.5 Å². The highest BCUT2D eigenvalue weighted by Gasteiger charge is 2.37. The normalized spacial score (nSPS) is 13.7. The molecule has 0 saturated heterocycles. The lowest BCUT2D eigenvalue weighted by Crippen LogP contribution is -2.24. The van der Waals surface area contributed by atoms with Crippen molar-refractivity contribution < 1.29 is 19.1 Å². The zero-order valence-electron chi connectivity index (χ0n) is 13.5. The Balaban J connectivity index is 2.32. The van der Waals surface area contributed by atoms with Gasteiger partial charge >= 0.3 is 0 Å². The fourth-order valence-electron chi connectivity index (χ4n) is 3.51. The van der Waals surface area contributed by atoms with Gasteiger partial charge in [0.25, 0.3) is 11.7 Å². The van der Waals surface area contributed by atoms with Crippen molar-refractivity contribution in [3.8, 4) is 11.5 Å². The van der Waals surface area contributed by atoms with Crippen LogP contribution in [0.25, 0.3) is 21.5 Å². The molecule has 4 rings (SSSR count). The molecule has 0 aliphatic carbocycles. The monoisotopic (exact) mass is 321 g/mol. The van der Waals surface area contributed by atoms with E-state index >= 15 is 0 Å². The molecule has 0 spiro atoms. The number of ketones is 1. The van der Waals surface area contributed by atoms with Crippen LogP contribution in [-0.2, 0) is 4.79 Å². The zero-order valence-corrected chi connectivity index (χ0v) is 13.5. The number of nitrogens with zero attached hydrogens (tertiary/aromatic N) is 1. The largest absolute Gasteiger partial charge is 0.493 e. The van der Waals surface area contributed by atoms with E-state index in [0.29, 0.717) is 22.7 Å². The van der Waals surface area contributed by atoms with E-state index in [1.807, 2.05) is 30.3 Å². The summed E-state index contributed by atoms with van der Waals surface area (Å²) in [5.41, 5.74) is 1.08. The number of anilines is 1. The molecule has 5 heteroatoms. The maximum Gasteiger partial charge on any atom is 0.299 e. The first-order chi connectivity index (χ1) is 11.6. The molecule has 0 atom stereocenters. The molecule has 3 aromatic carbocycles. The summed E-state index contributed by atoms with van der Waals surface area (Å²) in [6.45, 7) is 0. The van der Waals surface area contributed by atoms with Gasteiger partial charge in [0.2, 0.25) is 0 Å². The van der Waals surface area contributed by atoms with Crippen LogP contribution in [0.3, 0.4) is 0 Å². The van der Waals surface area contributed by atoms with Crippen LogP contribution in [0.15, 0.2) is 36.4 Å². The molecule has 1 heterocycles. The van der Waals surface area contributed by atoms with E-state index in [4.69, 9.17) is 9.47 Å². The lowest BCUT2D eigenvalue weighted by atomic mass is 9.94. The second-order valence-electron chi connectivity index (χ2n) is 5.69. The average Bonchev–Trinajstić information content (AvgIpc) is 2.85. The predicted octanol–water partition coefficient (Wildman–Crippen LogP) is 3.17. The second kappa shape index (κ2) is 4.96. The predicted molar refractivity (Wildman–Crippen MR) is 92.3 cm³/mol. The van der Waals surface area contributed by atoms with E-state index in [0.717, 1.165) is 21.5 Å². The van der Waals surface area contributed by atoms with E-state index in [-0.39, 0.29) is 0 Å². The highest BCUT2D eigenvalue weighted by atomic mass is 16.5. The SMILES string of the molecule is COc1ccc2c3c(c4ccccc4c2c1OC)C(=O)C(=O)N3C. The highest BCUT2D eigenvalue weighted by molar-refractivity contribution is 6.56. The number of hydrogen-bond donors (Lipinski definition) is 0. The van der Waals surface area contributed by atoms with Gasteiger partial charge in [-0.15, -0.1) is 0 Å². The summed E-state index contributed by atoms with van der Waals surface area (Å²) in [5.74, 6) is 0.209. The summed E-state index contributed by atoms with van der Waals surface area (Å²) in [6, 6.07) is 11.2. The third kappa shape index (κ3) is 1.64. The van der Waals surface area contributed by atoms with Crippen LogP contribution in [0.4, 0.5) is 5.69 Å². The number of rotatable bonds is 2. The Morgan fingerprint density at radius 3 is 2.25 bits per heavy atom. The number of methoxy groups -OCH3 is 2. The Bertz CT molecular complexity index is 1040. The van der Waals surface area contributed by atoms with Crippen LogP contribution in [0, 0.1) is 0 Å². The molecule has 0 unspecified atom stereocenters. The third-order valence-electron chi connectivity index (χ3n) is 4.56. The first-order valence-corrected chi connectivity index (χ1v) is 7.52. The minimum atomic E-state index is -0.516. The molecule has 1 amide bonds. The zero-order chi connectivity index (χ0) is 17.0. The van der Waals surface area contributed by atoms with E-state index in [2.05, 4.69) is 0 Å². The maximum absolute atomic E-state index is 12.5. The first kappa shape index (κ1) is 14.5. The quantitative estimate of drug-likeness (QED) is 0.537. The molecule has 120 valence electrons. The minimum absolute atomic E-state index is 0.456. The Kier molecular flexibility index (Phi) is 3.00. The van der Waals surface area contributed by atoms with E-state index in [1.54, 1.807) is 27.3 Å². The molecule has 1 aliphatic heterocycles. The summed E-state index contributed by atoms with van der Waals surface area (Å²) in [4.78, 5) is 26.2. The topological polar surface area (TPSA) is 55.8 Å². The van der Waals surface area contributed by atoms with Gasteiger partial charge in [-0.05, 0) is 22.9 Å². The molecule has 24 heavy (non-hydrogen) atoms. The fourth-order valence-corrected chi connectivity index (χ4v) is 3.51. The minimum Gasteiger partial charge on any atom is -0.493 e. The van der Waals surface area contributed by atoms with Gasteiger partial charge in [0.15, 0.2) is 11.5 Å². The van der Waals surface area contributed by atoms with Crippen molar-refractivity contribution in [2.24, 2.45) is 0 Å². The molecule has 0 radical (unpaired) electrons. The van der Waals surface area contributed by atoms with Crippen molar-refractivity contribution in [1.29, 1.82) is 0 Å². The Hall–Kier alpha value is -3.08. The summed E-state index contributed by atoms with van der Waals surface area (Å²) >= 11 is 0. The van der Waals surface area contributed by atoms with Crippen LogP contribution in [0.2, 0.25) is 0 Å². The third-order valence-corrected chi connectivity index (χ3v) is 4.56. The molecule has 0 saturated carbocycles. The van der Waals surface area contributed by atoms with E-state index in [9.17, 15) is 9.59 Å². The number of amides is 1. The number of likely N-dealkylation sites (N-methyl/N-ethyl adjacent to an activating group) is 1. The van der Waals surface area contributed by atoms with Gasteiger partial charge in [-0.2, -0.15) is 0 Å². The second-order valence-corrected chi connectivity index (χ2v) is 5.69.